The second kappa shape index (κ2) is 8.48. The van der Waals surface area contributed by atoms with Crippen LogP contribution in [0.15, 0.2) is 65.6 Å². The largest absolute Gasteiger partial charge is 0.481 e. The third-order valence-corrected chi connectivity index (χ3v) is 6.22. The standard InChI is InChI=1S/C21H22N2O5S/c1-14-6-12-17(13-7-14)29(27,28)23-16-10-8-15(9-11-16)22-20(24)18-4-2-3-5-19(18)21(25)26/h2-3,6-13,18-19,23H,4-5H2,1H3,(H,22,24)(H,25,26)/t18-,19+/m0/s1. The Balaban J connectivity index is 1.67. The molecule has 2 atom stereocenters. The molecule has 0 saturated heterocycles. The molecule has 2 aromatic carbocycles. The number of aryl methyl sites for hydroxylation is 1. The molecule has 0 spiro atoms. The van der Waals surface area contributed by atoms with Gasteiger partial charge in [-0.1, -0.05) is 29.8 Å². The Morgan fingerprint density at radius 3 is 2.03 bits per heavy atom. The van der Waals surface area contributed by atoms with E-state index in [0.29, 0.717) is 24.2 Å². The maximum Gasteiger partial charge on any atom is 0.307 e. The number of rotatable bonds is 6. The molecule has 0 aromatic heterocycles. The summed E-state index contributed by atoms with van der Waals surface area (Å²) in [7, 11) is -3.71. The predicted octanol–water partition coefficient (Wildman–Crippen LogP) is 3.40. The number of carboxylic acids is 1. The van der Waals surface area contributed by atoms with Crippen LogP contribution in [-0.4, -0.2) is 25.4 Å². The first kappa shape index (κ1) is 20.6. The summed E-state index contributed by atoms with van der Waals surface area (Å²) in [5.74, 6) is -2.75. The average Bonchev–Trinajstić information content (AvgIpc) is 2.69. The van der Waals surface area contributed by atoms with Crippen molar-refractivity contribution in [2.24, 2.45) is 11.8 Å². The summed E-state index contributed by atoms with van der Waals surface area (Å²) in [5, 5.41) is 12.0. The minimum atomic E-state index is -3.71. The van der Waals surface area contributed by atoms with E-state index < -0.39 is 27.8 Å². The number of anilines is 2. The van der Waals surface area contributed by atoms with Crippen molar-refractivity contribution >= 4 is 33.3 Å². The third kappa shape index (κ3) is 5.03. The fourth-order valence-electron chi connectivity index (χ4n) is 3.16. The highest BCUT2D eigenvalue weighted by Gasteiger charge is 2.33. The van der Waals surface area contributed by atoms with Crippen molar-refractivity contribution in [3.8, 4) is 0 Å². The highest BCUT2D eigenvalue weighted by molar-refractivity contribution is 7.92. The molecule has 0 radical (unpaired) electrons. The molecule has 3 N–H and O–H groups in total. The van der Waals surface area contributed by atoms with E-state index in [2.05, 4.69) is 10.0 Å². The highest BCUT2D eigenvalue weighted by Crippen LogP contribution is 2.27. The number of amides is 1. The van der Waals surface area contributed by atoms with Gasteiger partial charge in [0.25, 0.3) is 10.0 Å². The molecule has 2 aromatic rings. The number of benzene rings is 2. The number of sulfonamides is 1. The van der Waals surface area contributed by atoms with Gasteiger partial charge in [0.2, 0.25) is 5.91 Å². The molecule has 7 nitrogen and oxygen atoms in total. The summed E-state index contributed by atoms with van der Waals surface area (Å²) in [5.41, 5.74) is 1.78. The van der Waals surface area contributed by atoms with Gasteiger partial charge in [-0.2, -0.15) is 0 Å². The van der Waals surface area contributed by atoms with Crippen molar-refractivity contribution in [2.45, 2.75) is 24.7 Å². The van der Waals surface area contributed by atoms with Gasteiger partial charge in [-0.3, -0.25) is 14.3 Å². The van der Waals surface area contributed by atoms with Gasteiger partial charge in [0.1, 0.15) is 0 Å². The lowest BCUT2D eigenvalue weighted by Gasteiger charge is -2.24. The van der Waals surface area contributed by atoms with E-state index in [1.54, 1.807) is 30.3 Å². The Hall–Kier alpha value is -3.13. The number of allylic oxidation sites excluding steroid dienone is 2. The maximum atomic E-state index is 12.5. The second-order valence-electron chi connectivity index (χ2n) is 6.98. The minimum absolute atomic E-state index is 0.158. The van der Waals surface area contributed by atoms with Crippen LogP contribution in [-0.2, 0) is 19.6 Å². The third-order valence-electron chi connectivity index (χ3n) is 4.82. The van der Waals surface area contributed by atoms with Gasteiger partial charge < -0.3 is 10.4 Å². The van der Waals surface area contributed by atoms with E-state index in [-0.39, 0.29) is 10.8 Å². The molecule has 0 aliphatic heterocycles. The average molecular weight is 414 g/mol. The van der Waals surface area contributed by atoms with Crippen LogP contribution < -0.4 is 10.0 Å². The zero-order valence-corrected chi connectivity index (χ0v) is 16.6. The van der Waals surface area contributed by atoms with Crippen LogP contribution in [0.2, 0.25) is 0 Å². The molecule has 1 amide bonds. The molecule has 152 valence electrons. The zero-order valence-electron chi connectivity index (χ0n) is 15.8. The lowest BCUT2D eigenvalue weighted by molar-refractivity contribution is -0.146. The van der Waals surface area contributed by atoms with Gasteiger partial charge in [0.15, 0.2) is 0 Å². The first-order valence-electron chi connectivity index (χ1n) is 9.14. The van der Waals surface area contributed by atoms with Crippen LogP contribution in [0, 0.1) is 18.8 Å². The van der Waals surface area contributed by atoms with Crippen molar-refractivity contribution in [2.75, 3.05) is 10.0 Å². The maximum absolute atomic E-state index is 12.5. The number of hydrogen-bond donors (Lipinski definition) is 3. The Kier molecular flexibility index (Phi) is 6.03. The second-order valence-corrected chi connectivity index (χ2v) is 8.66. The smallest absolute Gasteiger partial charge is 0.307 e. The number of carbonyl (C=O) groups excluding carboxylic acids is 1. The molecule has 0 bridgehead atoms. The van der Waals surface area contributed by atoms with E-state index in [0.717, 1.165) is 5.56 Å². The van der Waals surface area contributed by atoms with Crippen molar-refractivity contribution in [1.29, 1.82) is 0 Å². The van der Waals surface area contributed by atoms with Gasteiger partial charge >= 0.3 is 5.97 Å². The van der Waals surface area contributed by atoms with E-state index in [1.807, 2.05) is 13.0 Å². The van der Waals surface area contributed by atoms with E-state index in [9.17, 15) is 23.1 Å². The van der Waals surface area contributed by atoms with Crippen molar-refractivity contribution in [3.05, 3.63) is 66.2 Å². The van der Waals surface area contributed by atoms with Crippen LogP contribution in [0.3, 0.4) is 0 Å². The monoisotopic (exact) mass is 414 g/mol. The lowest BCUT2D eigenvalue weighted by Crippen LogP contribution is -2.34. The van der Waals surface area contributed by atoms with E-state index in [4.69, 9.17) is 0 Å². The van der Waals surface area contributed by atoms with Gasteiger partial charge in [0.05, 0.1) is 16.7 Å². The molecule has 3 rings (SSSR count). The number of hydrogen-bond acceptors (Lipinski definition) is 4. The first-order chi connectivity index (χ1) is 13.8. The molecule has 1 aliphatic rings. The number of carbonyl (C=O) groups is 2. The van der Waals surface area contributed by atoms with Crippen LogP contribution in [0.25, 0.3) is 0 Å². The highest BCUT2D eigenvalue weighted by atomic mass is 32.2. The fourth-order valence-corrected chi connectivity index (χ4v) is 4.22. The Morgan fingerprint density at radius 1 is 0.897 bits per heavy atom. The normalized spacial score (nSPS) is 18.8. The van der Waals surface area contributed by atoms with Crippen molar-refractivity contribution in [1.82, 2.24) is 0 Å². The molecular formula is C21H22N2O5S. The number of nitrogens with one attached hydrogen (secondary N) is 2. The van der Waals surface area contributed by atoms with Gasteiger partial charge in [-0.25, -0.2) is 8.42 Å². The number of aliphatic carboxylic acids is 1. The number of carboxylic acid groups (broad SMARTS) is 1. The molecule has 0 saturated carbocycles. The Morgan fingerprint density at radius 2 is 1.45 bits per heavy atom. The molecular weight excluding hydrogens is 392 g/mol. The molecule has 0 heterocycles. The topological polar surface area (TPSA) is 113 Å². The molecule has 8 heteroatoms. The zero-order chi connectivity index (χ0) is 21.0. The molecule has 0 unspecified atom stereocenters. The fraction of sp³-hybridized carbons (Fsp3) is 0.238. The van der Waals surface area contributed by atoms with Crippen molar-refractivity contribution < 1.29 is 23.1 Å². The summed E-state index contributed by atoms with van der Waals surface area (Å²) < 4.78 is 27.4. The molecule has 1 aliphatic carbocycles. The summed E-state index contributed by atoms with van der Waals surface area (Å²) in [6, 6.07) is 12.7. The Labute approximate surface area is 169 Å². The summed E-state index contributed by atoms with van der Waals surface area (Å²) in [4.78, 5) is 24.0. The predicted molar refractivity (Wildman–Crippen MR) is 110 cm³/mol. The molecule has 29 heavy (non-hydrogen) atoms. The summed E-state index contributed by atoms with van der Waals surface area (Å²) >= 11 is 0. The summed E-state index contributed by atoms with van der Waals surface area (Å²) in [6.45, 7) is 1.87. The SMILES string of the molecule is Cc1ccc(S(=O)(=O)Nc2ccc(NC(=O)[C@H]3CC=CC[C@H]3C(=O)O)cc2)cc1. The van der Waals surface area contributed by atoms with Crippen LogP contribution in [0.4, 0.5) is 11.4 Å². The Bertz CT molecular complexity index is 1030. The van der Waals surface area contributed by atoms with Crippen LogP contribution in [0.1, 0.15) is 18.4 Å². The lowest BCUT2D eigenvalue weighted by atomic mass is 9.82. The molecule has 0 fully saturated rings. The minimum Gasteiger partial charge on any atom is -0.481 e. The quantitative estimate of drug-likeness (QED) is 0.627. The van der Waals surface area contributed by atoms with Crippen LogP contribution >= 0.6 is 0 Å². The van der Waals surface area contributed by atoms with Gasteiger partial charge in [-0.15, -0.1) is 0 Å². The van der Waals surface area contributed by atoms with Crippen molar-refractivity contribution in [3.63, 3.8) is 0 Å². The first-order valence-corrected chi connectivity index (χ1v) is 10.6. The van der Waals surface area contributed by atoms with E-state index in [1.165, 1.54) is 24.3 Å². The summed E-state index contributed by atoms with van der Waals surface area (Å²) in [6.07, 6.45) is 4.29. The van der Waals surface area contributed by atoms with E-state index >= 15 is 0 Å². The van der Waals surface area contributed by atoms with Gasteiger partial charge in [0, 0.05) is 11.4 Å². The van der Waals surface area contributed by atoms with Crippen LogP contribution in [0.5, 0.6) is 0 Å². The van der Waals surface area contributed by atoms with Gasteiger partial charge in [-0.05, 0) is 56.2 Å².